The molecule has 2 aliphatic rings. The monoisotopic (exact) mass is 331 g/mol. The van der Waals surface area contributed by atoms with E-state index in [0.717, 1.165) is 0 Å². The molecule has 1 aromatic carbocycles. The number of benzene rings is 1. The Hall–Kier alpha value is -2.41. The van der Waals surface area contributed by atoms with Crippen LogP contribution < -0.4 is 10.4 Å². The number of amides is 3. The Morgan fingerprint density at radius 3 is 2.83 bits per heavy atom. The first-order valence-corrected chi connectivity index (χ1v) is 8.05. The van der Waals surface area contributed by atoms with E-state index in [1.54, 1.807) is 21.9 Å². The summed E-state index contributed by atoms with van der Waals surface area (Å²) >= 11 is 0. The Labute approximate surface area is 140 Å². The zero-order chi connectivity index (χ0) is 17.3. The van der Waals surface area contributed by atoms with E-state index in [-0.39, 0.29) is 24.1 Å². The van der Waals surface area contributed by atoms with Crippen molar-refractivity contribution in [3.05, 3.63) is 29.8 Å². The molecule has 0 spiro atoms. The summed E-state index contributed by atoms with van der Waals surface area (Å²) in [6.07, 6.45) is 1.76. The average molecular weight is 331 g/mol. The van der Waals surface area contributed by atoms with Gasteiger partial charge < -0.3 is 4.90 Å². The minimum atomic E-state index is -0.666. The van der Waals surface area contributed by atoms with Gasteiger partial charge in [0.05, 0.1) is 18.4 Å². The van der Waals surface area contributed by atoms with Crippen LogP contribution in [0.5, 0.6) is 0 Å². The van der Waals surface area contributed by atoms with Crippen molar-refractivity contribution < 1.29 is 19.2 Å². The van der Waals surface area contributed by atoms with Gasteiger partial charge in [0.1, 0.15) is 5.66 Å². The highest BCUT2D eigenvalue weighted by molar-refractivity contribution is 6.10. The Bertz CT molecular complexity index is 690. The molecule has 0 aliphatic carbocycles. The number of rotatable bonds is 5. The number of fused-ring (bicyclic) bond motifs is 3. The molecule has 1 saturated heterocycles. The number of nitrogens with zero attached hydrogens (tertiary/aromatic N) is 2. The minimum Gasteiger partial charge on any atom is -0.315 e. The van der Waals surface area contributed by atoms with Crippen molar-refractivity contribution in [2.24, 2.45) is 0 Å². The fourth-order valence-electron chi connectivity index (χ4n) is 3.60. The predicted octanol–water partition coefficient (Wildman–Crippen LogP) is 1.44. The molecule has 128 valence electrons. The number of para-hydroxylation sites is 1. The lowest BCUT2D eigenvalue weighted by molar-refractivity contribution is -0.131. The number of carbonyl (C=O) groups excluding carboxylic acids is 3. The molecule has 7 heteroatoms. The third kappa shape index (κ3) is 2.54. The number of hydrogen-bond donors (Lipinski definition) is 1. The second-order valence-corrected chi connectivity index (χ2v) is 6.25. The summed E-state index contributed by atoms with van der Waals surface area (Å²) in [4.78, 5) is 44.9. The second-order valence-electron chi connectivity index (χ2n) is 6.25. The van der Waals surface area contributed by atoms with Crippen molar-refractivity contribution in [2.45, 2.75) is 38.3 Å². The van der Waals surface area contributed by atoms with E-state index in [2.05, 4.69) is 10.3 Å². The fourth-order valence-corrected chi connectivity index (χ4v) is 3.60. The lowest BCUT2D eigenvalue weighted by Crippen LogP contribution is -2.62. The predicted molar refractivity (Wildman–Crippen MR) is 87.0 cm³/mol. The van der Waals surface area contributed by atoms with E-state index >= 15 is 0 Å². The van der Waals surface area contributed by atoms with Gasteiger partial charge in [-0.15, -0.1) is 0 Å². The maximum Gasteiger partial charge on any atom is 0.257 e. The van der Waals surface area contributed by atoms with E-state index in [1.807, 2.05) is 19.1 Å². The Morgan fingerprint density at radius 1 is 1.33 bits per heavy atom. The molecule has 3 rings (SSSR count). The molecule has 0 unspecified atom stereocenters. The smallest absolute Gasteiger partial charge is 0.257 e. The van der Waals surface area contributed by atoms with E-state index in [0.29, 0.717) is 37.1 Å². The van der Waals surface area contributed by atoms with E-state index < -0.39 is 5.66 Å². The van der Waals surface area contributed by atoms with Crippen LogP contribution in [0.2, 0.25) is 0 Å². The standard InChI is InChI=1S/C17H21N3O4/c1-17-10-9-15(22)20(17)13-7-4-3-6-12(13)16(23)19(17)11-5-8-14(21)18-24-2/h3-4,6-7H,5,8-11H2,1-2H3,(H,18,21)/t17-/m1/s1. The summed E-state index contributed by atoms with van der Waals surface area (Å²) in [5, 5.41) is 0. The summed E-state index contributed by atoms with van der Waals surface area (Å²) in [5.74, 6) is -0.294. The van der Waals surface area contributed by atoms with Crippen molar-refractivity contribution >= 4 is 23.4 Å². The molecule has 7 nitrogen and oxygen atoms in total. The van der Waals surface area contributed by atoms with Gasteiger partial charge >= 0.3 is 0 Å². The number of hydroxylamine groups is 1. The minimum absolute atomic E-state index is 0.0274. The first-order valence-electron chi connectivity index (χ1n) is 8.05. The second kappa shape index (κ2) is 6.24. The normalized spacial score (nSPS) is 22.4. The van der Waals surface area contributed by atoms with Gasteiger partial charge in [-0.3, -0.25) is 24.1 Å². The van der Waals surface area contributed by atoms with Crippen LogP contribution in [0.25, 0.3) is 0 Å². The SMILES string of the molecule is CONC(=O)CCCN1C(=O)c2ccccc2N2C(=O)CC[C@]12C. The molecule has 0 radical (unpaired) electrons. The first kappa shape index (κ1) is 16.4. The molecule has 1 N–H and O–H groups in total. The van der Waals surface area contributed by atoms with Gasteiger partial charge in [0.25, 0.3) is 5.91 Å². The topological polar surface area (TPSA) is 79.0 Å². The van der Waals surface area contributed by atoms with Gasteiger partial charge in [0.15, 0.2) is 0 Å². The van der Waals surface area contributed by atoms with Crippen LogP contribution in [-0.4, -0.2) is 41.9 Å². The highest BCUT2D eigenvalue weighted by Crippen LogP contribution is 2.43. The summed E-state index contributed by atoms with van der Waals surface area (Å²) in [6.45, 7) is 2.32. The quantitative estimate of drug-likeness (QED) is 0.828. The molecule has 0 saturated carbocycles. The largest absolute Gasteiger partial charge is 0.315 e. The number of nitrogens with one attached hydrogen (secondary N) is 1. The van der Waals surface area contributed by atoms with Crippen LogP contribution in [0.4, 0.5) is 5.69 Å². The third-order valence-corrected chi connectivity index (χ3v) is 4.75. The Balaban J connectivity index is 1.85. The van der Waals surface area contributed by atoms with Crippen LogP contribution in [0, 0.1) is 0 Å². The van der Waals surface area contributed by atoms with Crippen LogP contribution in [-0.2, 0) is 14.4 Å². The summed E-state index contributed by atoms with van der Waals surface area (Å²) in [7, 11) is 1.38. The highest BCUT2D eigenvalue weighted by atomic mass is 16.6. The lowest BCUT2D eigenvalue weighted by Gasteiger charge is -2.48. The van der Waals surface area contributed by atoms with Crippen LogP contribution in [0.1, 0.15) is 43.0 Å². The van der Waals surface area contributed by atoms with Crippen molar-refractivity contribution in [1.29, 1.82) is 0 Å². The van der Waals surface area contributed by atoms with Gasteiger partial charge in [-0.05, 0) is 31.9 Å². The number of anilines is 1. The molecule has 0 aromatic heterocycles. The average Bonchev–Trinajstić information content (AvgIpc) is 2.87. The molecule has 3 amide bonds. The summed E-state index contributed by atoms with van der Waals surface area (Å²) < 4.78 is 0. The Kier molecular flexibility index (Phi) is 4.28. The maximum absolute atomic E-state index is 12.9. The van der Waals surface area contributed by atoms with Crippen molar-refractivity contribution in [3.63, 3.8) is 0 Å². The molecular formula is C17H21N3O4. The van der Waals surface area contributed by atoms with Crippen molar-refractivity contribution in [2.75, 3.05) is 18.6 Å². The zero-order valence-corrected chi connectivity index (χ0v) is 13.9. The fraction of sp³-hybridized carbons (Fsp3) is 0.471. The zero-order valence-electron chi connectivity index (χ0n) is 13.9. The number of hydrogen-bond acceptors (Lipinski definition) is 4. The molecular weight excluding hydrogens is 310 g/mol. The van der Waals surface area contributed by atoms with Gasteiger partial charge in [-0.1, -0.05) is 12.1 Å². The molecule has 2 heterocycles. The highest BCUT2D eigenvalue weighted by Gasteiger charge is 2.52. The first-order chi connectivity index (χ1) is 11.5. The van der Waals surface area contributed by atoms with Crippen molar-refractivity contribution in [1.82, 2.24) is 10.4 Å². The summed E-state index contributed by atoms with van der Waals surface area (Å²) in [6, 6.07) is 7.19. The number of carbonyl (C=O) groups is 3. The molecule has 1 atom stereocenters. The maximum atomic E-state index is 12.9. The van der Waals surface area contributed by atoms with Gasteiger partial charge in [0.2, 0.25) is 11.8 Å². The Morgan fingerprint density at radius 2 is 2.08 bits per heavy atom. The molecule has 0 bridgehead atoms. The van der Waals surface area contributed by atoms with Crippen LogP contribution >= 0.6 is 0 Å². The molecule has 1 fully saturated rings. The van der Waals surface area contributed by atoms with Crippen LogP contribution in [0.3, 0.4) is 0 Å². The van der Waals surface area contributed by atoms with E-state index in [9.17, 15) is 14.4 Å². The van der Waals surface area contributed by atoms with Gasteiger partial charge in [0, 0.05) is 19.4 Å². The molecule has 24 heavy (non-hydrogen) atoms. The van der Waals surface area contributed by atoms with Gasteiger partial charge in [-0.25, -0.2) is 5.48 Å². The summed E-state index contributed by atoms with van der Waals surface area (Å²) in [5.41, 5.74) is 2.81. The van der Waals surface area contributed by atoms with Crippen molar-refractivity contribution in [3.8, 4) is 0 Å². The molecule has 2 aliphatic heterocycles. The van der Waals surface area contributed by atoms with E-state index in [4.69, 9.17) is 0 Å². The lowest BCUT2D eigenvalue weighted by atomic mass is 9.98. The molecule has 1 aromatic rings. The van der Waals surface area contributed by atoms with Crippen LogP contribution in [0.15, 0.2) is 24.3 Å². The van der Waals surface area contributed by atoms with Gasteiger partial charge in [-0.2, -0.15) is 0 Å². The third-order valence-electron chi connectivity index (χ3n) is 4.75. The van der Waals surface area contributed by atoms with E-state index in [1.165, 1.54) is 7.11 Å².